The zero-order valence-corrected chi connectivity index (χ0v) is 41.0. The van der Waals surface area contributed by atoms with Gasteiger partial charge in [-0.3, -0.25) is 24.4 Å². The first-order valence-electron chi connectivity index (χ1n) is 23.4. The fourth-order valence-electron chi connectivity index (χ4n) is 6.59. The number of hydrogen-bond donors (Lipinski definition) is 1. The molecule has 0 amide bonds. The summed E-state index contributed by atoms with van der Waals surface area (Å²) in [6.07, 6.45) is 17.7. The van der Waals surface area contributed by atoms with Gasteiger partial charge < -0.3 is 33.2 Å². The van der Waals surface area contributed by atoms with Gasteiger partial charge in [0.25, 0.3) is 0 Å². The molecule has 0 atom stereocenters. The maximum absolute atomic E-state index is 11.8. The molecule has 3 rings (SSSR count). The third-order valence-electron chi connectivity index (χ3n) is 9.70. The number of unbranched alkanes of at least 4 members (excludes halogenated alkanes) is 6. The van der Waals surface area contributed by atoms with Crippen LogP contribution >= 0.6 is 15.9 Å². The van der Waals surface area contributed by atoms with Crippen LogP contribution in [0.4, 0.5) is 0 Å². The number of ether oxygens (including phenoxy) is 6. The van der Waals surface area contributed by atoms with Gasteiger partial charge in [0.15, 0.2) is 0 Å². The van der Waals surface area contributed by atoms with Crippen LogP contribution in [-0.2, 0) is 68.6 Å². The van der Waals surface area contributed by atoms with Crippen LogP contribution in [0.5, 0.6) is 11.5 Å². The normalized spacial score (nSPS) is 10.3. The van der Waals surface area contributed by atoms with Crippen LogP contribution in [0.1, 0.15) is 140 Å². The molecule has 3 aromatic rings. The summed E-state index contributed by atoms with van der Waals surface area (Å²) in [5.41, 5.74) is 4.49. The van der Waals surface area contributed by atoms with E-state index in [1.165, 1.54) is 24.8 Å². The summed E-state index contributed by atoms with van der Waals surface area (Å²) in [5, 5.41) is 9.60. The average Bonchev–Trinajstić information content (AvgIpc) is 3.29. The Hall–Kier alpha value is -4.98. The first kappa shape index (κ1) is 58.0. The van der Waals surface area contributed by atoms with Crippen molar-refractivity contribution in [2.45, 2.75) is 143 Å². The molecule has 0 aliphatic rings. The van der Waals surface area contributed by atoms with Crippen molar-refractivity contribution in [1.29, 1.82) is 0 Å². The number of aromatic nitrogens is 1. The number of hydrogen-bond acceptors (Lipinski definition) is 12. The highest BCUT2D eigenvalue weighted by atomic mass is 79.9. The van der Waals surface area contributed by atoms with Gasteiger partial charge in [-0.2, -0.15) is 0 Å². The minimum atomic E-state index is -0.221. The minimum absolute atomic E-state index is 0.187. The van der Waals surface area contributed by atoms with Crippen molar-refractivity contribution < 1.29 is 62.3 Å². The Morgan fingerprint density at radius 2 is 0.938 bits per heavy atom. The zero-order valence-electron chi connectivity index (χ0n) is 39.4. The van der Waals surface area contributed by atoms with E-state index in [9.17, 15) is 24.0 Å². The minimum Gasteiger partial charge on any atom is -0.493 e. The lowest BCUT2D eigenvalue weighted by Crippen LogP contribution is -2.27. The summed E-state index contributed by atoms with van der Waals surface area (Å²) >= 11 is 3.47. The van der Waals surface area contributed by atoms with Crippen molar-refractivity contribution in [1.82, 2.24) is 0 Å². The van der Waals surface area contributed by atoms with Gasteiger partial charge in [-0.25, -0.2) is 0 Å². The van der Waals surface area contributed by atoms with Crippen LogP contribution in [0.25, 0.3) is 0 Å². The quantitative estimate of drug-likeness (QED) is 0.0120. The maximum atomic E-state index is 11.8. The fourth-order valence-corrected chi connectivity index (χ4v) is 6.98. The molecule has 0 aliphatic carbocycles. The Balaban J connectivity index is 0.000000563. The fraction of sp³-hybridized carbons (Fsp3) is 0.569. The van der Waals surface area contributed by atoms with E-state index in [4.69, 9.17) is 33.6 Å². The summed E-state index contributed by atoms with van der Waals surface area (Å²) in [6, 6.07) is 17.3. The zero-order chi connectivity index (χ0) is 47.8. The molecule has 0 saturated heterocycles. The number of alkyl halides is 1. The number of carbonyl (C=O) groups excluding carboxylic acids is 5. The van der Waals surface area contributed by atoms with Crippen molar-refractivity contribution in [3.05, 3.63) is 89.2 Å². The van der Waals surface area contributed by atoms with E-state index in [0.29, 0.717) is 97.4 Å². The average molecular weight is 974 g/mol. The SMILES string of the molecule is CCOC(=O)CCCOc1cccc(CCCCCC=O)c1CCC(=O)OCC.CCOC(=O)CCCOc1cccc(CCCCCCBr)c1CCC(=O)OCC.O[n+]1ccccc1. The highest BCUT2D eigenvalue weighted by Gasteiger charge is 2.15. The molecular weight excluding hydrogens is 898 g/mol. The van der Waals surface area contributed by atoms with Gasteiger partial charge in [0.1, 0.15) is 17.8 Å². The molecule has 1 aromatic heterocycles. The summed E-state index contributed by atoms with van der Waals surface area (Å²) in [4.78, 5) is 57.1. The van der Waals surface area contributed by atoms with E-state index < -0.39 is 0 Å². The number of carbonyl (C=O) groups is 5. The van der Waals surface area contributed by atoms with E-state index in [2.05, 4.69) is 28.1 Å². The van der Waals surface area contributed by atoms with E-state index in [1.807, 2.05) is 37.3 Å². The van der Waals surface area contributed by atoms with Gasteiger partial charge in [-0.1, -0.05) is 65.5 Å². The lowest BCUT2D eigenvalue weighted by molar-refractivity contribution is -0.904. The standard InChI is InChI=1S/C23H35BrO5.C23H34O6.C5H6NO/c2*1-3-27-22(25)14-10-18-29-21-13-9-12-19(11-7-5-6-8-17-24)20(21)15-16-23(26)28-4-2;7-6-4-2-1-3-5-6/h9,12-13H,3-8,10-11,14-18H2,1-2H3;9,12-13,17H,3-8,10-11,14-16,18H2,1-2H3;1-5,7H/q;;+1. The van der Waals surface area contributed by atoms with Gasteiger partial charge in [0.2, 0.25) is 12.4 Å². The molecule has 0 fully saturated rings. The highest BCUT2D eigenvalue weighted by molar-refractivity contribution is 9.09. The van der Waals surface area contributed by atoms with Gasteiger partial charge in [0.05, 0.1) is 39.6 Å². The number of aryl methyl sites for hydroxylation is 2. The molecule has 14 heteroatoms. The molecule has 362 valence electrons. The van der Waals surface area contributed by atoms with Crippen LogP contribution in [0, 0.1) is 0 Å². The Morgan fingerprint density at radius 1 is 0.523 bits per heavy atom. The molecule has 1 heterocycles. The van der Waals surface area contributed by atoms with E-state index in [1.54, 1.807) is 45.3 Å². The molecule has 0 radical (unpaired) electrons. The molecule has 13 nitrogen and oxygen atoms in total. The van der Waals surface area contributed by atoms with Crippen molar-refractivity contribution >= 4 is 46.1 Å². The first-order valence-corrected chi connectivity index (χ1v) is 24.5. The van der Waals surface area contributed by atoms with Crippen molar-refractivity contribution in [2.75, 3.05) is 45.0 Å². The summed E-state index contributed by atoms with van der Waals surface area (Å²) in [5.74, 6) is 0.729. The Bertz CT molecular complexity index is 1740. The van der Waals surface area contributed by atoms with Gasteiger partial charge >= 0.3 is 23.9 Å². The predicted octanol–water partition coefficient (Wildman–Crippen LogP) is 9.82. The van der Waals surface area contributed by atoms with Crippen molar-refractivity contribution in [3.8, 4) is 11.5 Å². The van der Waals surface area contributed by atoms with Crippen molar-refractivity contribution in [2.24, 2.45) is 0 Å². The predicted molar refractivity (Wildman–Crippen MR) is 254 cm³/mol. The summed E-state index contributed by atoms with van der Waals surface area (Å²) in [7, 11) is 0. The van der Waals surface area contributed by atoms with Crippen LogP contribution in [-0.4, -0.2) is 80.3 Å². The van der Waals surface area contributed by atoms with E-state index in [-0.39, 0.29) is 23.9 Å². The van der Waals surface area contributed by atoms with Crippen LogP contribution < -0.4 is 14.2 Å². The van der Waals surface area contributed by atoms with Crippen LogP contribution in [0.2, 0.25) is 0 Å². The first-order chi connectivity index (χ1) is 31.6. The smallest absolute Gasteiger partial charge is 0.306 e. The topological polar surface area (TPSA) is 165 Å². The molecule has 0 unspecified atom stereocenters. The Labute approximate surface area is 395 Å². The van der Waals surface area contributed by atoms with Crippen molar-refractivity contribution in [3.63, 3.8) is 0 Å². The number of pyridine rings is 1. The third kappa shape index (κ3) is 29.2. The lowest BCUT2D eigenvalue weighted by atomic mass is 9.97. The summed E-state index contributed by atoms with van der Waals surface area (Å²) < 4.78 is 32.9. The molecule has 0 spiro atoms. The molecule has 0 bridgehead atoms. The second kappa shape index (κ2) is 39.4. The van der Waals surface area contributed by atoms with Gasteiger partial charge in [-0.15, -0.1) is 0 Å². The number of rotatable bonds is 32. The number of benzene rings is 2. The molecule has 1 N–H and O–H groups in total. The number of nitrogens with zero attached hydrogens (tertiary/aromatic N) is 1. The monoisotopic (exact) mass is 972 g/mol. The lowest BCUT2D eigenvalue weighted by Gasteiger charge is -2.16. The highest BCUT2D eigenvalue weighted by Crippen LogP contribution is 2.28. The second-order valence-corrected chi connectivity index (χ2v) is 15.6. The Morgan fingerprint density at radius 3 is 1.32 bits per heavy atom. The third-order valence-corrected chi connectivity index (χ3v) is 10.3. The van der Waals surface area contributed by atoms with Gasteiger partial charge in [0, 0.05) is 54.3 Å². The number of esters is 4. The van der Waals surface area contributed by atoms with E-state index >= 15 is 0 Å². The molecular formula is C51H75BrNO12+. The molecule has 65 heavy (non-hydrogen) atoms. The van der Waals surface area contributed by atoms with Crippen LogP contribution in [0.15, 0.2) is 67.0 Å². The molecule has 0 aliphatic heterocycles. The maximum Gasteiger partial charge on any atom is 0.306 e. The molecule has 2 aromatic carbocycles. The number of aldehydes is 1. The Kier molecular flexibility index (Phi) is 35.2. The second-order valence-electron chi connectivity index (χ2n) is 14.8. The summed E-state index contributed by atoms with van der Waals surface area (Å²) in [6.45, 7) is 9.60. The van der Waals surface area contributed by atoms with Gasteiger partial charge in [-0.05, 0) is 126 Å². The van der Waals surface area contributed by atoms with E-state index in [0.717, 1.165) is 83.1 Å². The number of halogens is 1. The largest absolute Gasteiger partial charge is 0.493 e. The van der Waals surface area contributed by atoms with Crippen LogP contribution in [0.3, 0.4) is 0 Å². The molecule has 0 saturated carbocycles.